The molecule has 5 heteroatoms. The van der Waals surface area contributed by atoms with Gasteiger partial charge in [0.2, 0.25) is 0 Å². The molecule has 0 aliphatic rings. The third kappa shape index (κ3) is 1.57. The first-order valence-corrected chi connectivity index (χ1v) is 4.11. The molecular formula is C9H9N3O2. The fourth-order valence-electron chi connectivity index (χ4n) is 1.14. The number of phenolic OH excluding ortho intramolecular Hbond substituents is 1. The summed E-state index contributed by atoms with van der Waals surface area (Å²) in [4.78, 5) is 4.01. The molecule has 1 heterocycles. The summed E-state index contributed by atoms with van der Waals surface area (Å²) < 4.78 is 0. The van der Waals surface area contributed by atoms with Gasteiger partial charge in [0.05, 0.1) is 0 Å². The summed E-state index contributed by atoms with van der Waals surface area (Å²) in [5.74, 6) is 1.03. The van der Waals surface area contributed by atoms with Gasteiger partial charge in [0.15, 0.2) is 11.6 Å². The Kier molecular flexibility index (Phi) is 2.16. The molecular weight excluding hydrogens is 182 g/mol. The summed E-state index contributed by atoms with van der Waals surface area (Å²) in [6.45, 7) is -0.175. The van der Waals surface area contributed by atoms with E-state index in [0.717, 1.165) is 0 Å². The van der Waals surface area contributed by atoms with Crippen LogP contribution in [0.1, 0.15) is 5.82 Å². The zero-order chi connectivity index (χ0) is 9.97. The van der Waals surface area contributed by atoms with Crippen molar-refractivity contribution in [2.45, 2.75) is 6.61 Å². The van der Waals surface area contributed by atoms with Gasteiger partial charge in [0, 0.05) is 5.56 Å². The Hall–Kier alpha value is -1.88. The first-order chi connectivity index (χ1) is 6.79. The molecule has 14 heavy (non-hydrogen) atoms. The molecule has 1 aromatic heterocycles. The topological polar surface area (TPSA) is 82.0 Å². The Morgan fingerprint density at radius 1 is 1.36 bits per heavy atom. The van der Waals surface area contributed by atoms with Crippen molar-refractivity contribution in [2.75, 3.05) is 0 Å². The van der Waals surface area contributed by atoms with E-state index in [4.69, 9.17) is 5.11 Å². The molecule has 3 N–H and O–H groups in total. The van der Waals surface area contributed by atoms with Gasteiger partial charge in [-0.25, -0.2) is 4.98 Å². The summed E-state index contributed by atoms with van der Waals surface area (Å²) in [5, 5.41) is 24.5. The highest BCUT2D eigenvalue weighted by Crippen LogP contribution is 2.19. The van der Waals surface area contributed by atoms with Crippen molar-refractivity contribution >= 4 is 0 Å². The SMILES string of the molecule is OCc1nc(-c2cccc(O)c2)n[nH]1. The highest BCUT2D eigenvalue weighted by atomic mass is 16.3. The number of benzene rings is 1. The number of rotatable bonds is 2. The lowest BCUT2D eigenvalue weighted by Gasteiger charge is -1.94. The lowest BCUT2D eigenvalue weighted by molar-refractivity contribution is 0.272. The fraction of sp³-hybridized carbons (Fsp3) is 0.111. The third-order valence-corrected chi connectivity index (χ3v) is 1.79. The Balaban J connectivity index is 2.39. The number of H-pyrrole nitrogens is 1. The summed E-state index contributed by atoms with van der Waals surface area (Å²) in [6.07, 6.45) is 0. The van der Waals surface area contributed by atoms with Crippen LogP contribution in [-0.2, 0) is 6.61 Å². The highest BCUT2D eigenvalue weighted by molar-refractivity contribution is 5.56. The maximum Gasteiger partial charge on any atom is 0.181 e. The maximum atomic E-state index is 9.22. The molecule has 1 aromatic carbocycles. The zero-order valence-corrected chi connectivity index (χ0v) is 7.31. The van der Waals surface area contributed by atoms with Gasteiger partial charge in [-0.15, -0.1) is 0 Å². The van der Waals surface area contributed by atoms with Crippen LogP contribution in [-0.4, -0.2) is 25.4 Å². The van der Waals surface area contributed by atoms with E-state index >= 15 is 0 Å². The molecule has 2 aromatic rings. The number of nitrogens with zero attached hydrogens (tertiary/aromatic N) is 2. The van der Waals surface area contributed by atoms with Crippen LogP contribution >= 0.6 is 0 Å². The van der Waals surface area contributed by atoms with Gasteiger partial charge >= 0.3 is 0 Å². The molecule has 5 nitrogen and oxygen atoms in total. The van der Waals surface area contributed by atoms with Crippen LogP contribution in [0, 0.1) is 0 Å². The molecule has 0 bridgehead atoms. The summed E-state index contributed by atoms with van der Waals surface area (Å²) in [6, 6.07) is 6.62. The molecule has 0 unspecified atom stereocenters. The van der Waals surface area contributed by atoms with Crippen molar-refractivity contribution in [2.24, 2.45) is 0 Å². The number of hydrogen-bond acceptors (Lipinski definition) is 4. The lowest BCUT2D eigenvalue weighted by Crippen LogP contribution is -1.84. The first-order valence-electron chi connectivity index (χ1n) is 4.11. The van der Waals surface area contributed by atoms with E-state index in [9.17, 15) is 5.11 Å². The van der Waals surface area contributed by atoms with E-state index in [1.165, 1.54) is 0 Å². The van der Waals surface area contributed by atoms with E-state index in [1.54, 1.807) is 24.3 Å². The minimum Gasteiger partial charge on any atom is -0.508 e. The van der Waals surface area contributed by atoms with Crippen LogP contribution in [0.4, 0.5) is 0 Å². The number of aromatic nitrogens is 3. The Morgan fingerprint density at radius 2 is 2.21 bits per heavy atom. The Morgan fingerprint density at radius 3 is 2.86 bits per heavy atom. The number of aromatic hydroxyl groups is 1. The van der Waals surface area contributed by atoms with Crippen LogP contribution in [0.15, 0.2) is 24.3 Å². The summed E-state index contributed by atoms with van der Waals surface area (Å²) in [5.41, 5.74) is 0.709. The normalized spacial score (nSPS) is 10.4. The third-order valence-electron chi connectivity index (χ3n) is 1.79. The molecule has 0 radical (unpaired) electrons. The van der Waals surface area contributed by atoms with Gasteiger partial charge in [-0.05, 0) is 12.1 Å². The minimum absolute atomic E-state index is 0.165. The van der Waals surface area contributed by atoms with E-state index in [2.05, 4.69) is 15.2 Å². The molecule has 0 fully saturated rings. The zero-order valence-electron chi connectivity index (χ0n) is 7.31. The van der Waals surface area contributed by atoms with Gasteiger partial charge in [-0.2, -0.15) is 5.10 Å². The lowest BCUT2D eigenvalue weighted by atomic mass is 10.2. The molecule has 0 aliphatic heterocycles. The maximum absolute atomic E-state index is 9.22. The van der Waals surface area contributed by atoms with Gasteiger partial charge < -0.3 is 10.2 Å². The molecule has 0 spiro atoms. The van der Waals surface area contributed by atoms with Crippen molar-refractivity contribution in [3.8, 4) is 17.1 Å². The fourth-order valence-corrected chi connectivity index (χ4v) is 1.14. The standard InChI is InChI=1S/C9H9N3O2/c13-5-8-10-9(12-11-8)6-2-1-3-7(14)4-6/h1-4,13-14H,5H2,(H,10,11,12). The molecule has 0 saturated heterocycles. The monoisotopic (exact) mass is 191 g/mol. The van der Waals surface area contributed by atoms with Crippen molar-refractivity contribution < 1.29 is 10.2 Å². The van der Waals surface area contributed by atoms with Gasteiger partial charge in [0.25, 0.3) is 0 Å². The number of aromatic amines is 1. The highest BCUT2D eigenvalue weighted by Gasteiger charge is 2.04. The first kappa shape index (κ1) is 8.71. The van der Waals surface area contributed by atoms with Gasteiger partial charge in [-0.1, -0.05) is 12.1 Å². The van der Waals surface area contributed by atoms with Gasteiger partial charge in [0.1, 0.15) is 12.4 Å². The molecule has 0 aliphatic carbocycles. The predicted molar refractivity (Wildman–Crippen MR) is 49.4 cm³/mol. The number of nitrogens with one attached hydrogen (secondary N) is 1. The van der Waals surface area contributed by atoms with Crippen LogP contribution < -0.4 is 0 Å². The minimum atomic E-state index is -0.175. The second-order valence-electron chi connectivity index (χ2n) is 2.81. The molecule has 0 amide bonds. The second kappa shape index (κ2) is 3.47. The molecule has 72 valence electrons. The van der Waals surface area contributed by atoms with Gasteiger partial charge in [-0.3, -0.25) is 5.10 Å². The number of phenols is 1. The Bertz CT molecular complexity index is 439. The van der Waals surface area contributed by atoms with Crippen molar-refractivity contribution in [1.82, 2.24) is 15.2 Å². The largest absolute Gasteiger partial charge is 0.508 e. The van der Waals surface area contributed by atoms with Crippen LogP contribution in [0.5, 0.6) is 5.75 Å². The van der Waals surface area contributed by atoms with E-state index in [-0.39, 0.29) is 12.4 Å². The van der Waals surface area contributed by atoms with Crippen LogP contribution in [0.3, 0.4) is 0 Å². The predicted octanol–water partition coefficient (Wildman–Crippen LogP) is 0.670. The van der Waals surface area contributed by atoms with E-state index in [0.29, 0.717) is 17.2 Å². The van der Waals surface area contributed by atoms with Crippen molar-refractivity contribution in [3.63, 3.8) is 0 Å². The Labute approximate surface area is 80.1 Å². The molecule has 0 saturated carbocycles. The number of aliphatic hydroxyl groups excluding tert-OH is 1. The summed E-state index contributed by atoms with van der Waals surface area (Å²) in [7, 11) is 0. The average molecular weight is 191 g/mol. The second-order valence-corrected chi connectivity index (χ2v) is 2.81. The van der Waals surface area contributed by atoms with Crippen LogP contribution in [0.25, 0.3) is 11.4 Å². The van der Waals surface area contributed by atoms with E-state index in [1.807, 2.05) is 0 Å². The van der Waals surface area contributed by atoms with Crippen molar-refractivity contribution in [1.29, 1.82) is 0 Å². The number of aliphatic hydroxyl groups is 1. The number of hydrogen-bond donors (Lipinski definition) is 3. The smallest absolute Gasteiger partial charge is 0.181 e. The molecule has 2 rings (SSSR count). The quantitative estimate of drug-likeness (QED) is 0.651. The van der Waals surface area contributed by atoms with Crippen LogP contribution in [0.2, 0.25) is 0 Å². The average Bonchev–Trinajstić information content (AvgIpc) is 2.66. The van der Waals surface area contributed by atoms with E-state index < -0.39 is 0 Å². The molecule has 0 atom stereocenters. The summed E-state index contributed by atoms with van der Waals surface area (Å²) >= 11 is 0. The van der Waals surface area contributed by atoms with Crippen molar-refractivity contribution in [3.05, 3.63) is 30.1 Å².